The third kappa shape index (κ3) is 9.10. The minimum atomic E-state index is -0.960. The maximum Gasteiger partial charge on any atom is 0.408 e. The molecule has 0 bridgehead atoms. The number of carbonyl (C=O) groups is 3. The summed E-state index contributed by atoms with van der Waals surface area (Å²) in [4.78, 5) is 42.4. The molecule has 218 valence electrons. The molecule has 3 rings (SSSR count). The first-order chi connectivity index (χ1) is 19.5. The third-order valence-corrected chi connectivity index (χ3v) is 6.52. The summed E-state index contributed by atoms with van der Waals surface area (Å²) in [5.74, 6) is -0.0981. The van der Waals surface area contributed by atoms with Gasteiger partial charge in [-0.25, -0.2) is 4.79 Å². The van der Waals surface area contributed by atoms with Gasteiger partial charge in [0.2, 0.25) is 5.91 Å². The molecule has 0 aliphatic heterocycles. The molecule has 0 aliphatic rings. The number of methoxy groups -OCH3 is 1. The number of likely N-dealkylation sites (N-methyl/N-ethyl adjacent to an activating group) is 1. The number of benzene rings is 3. The minimum absolute atomic E-state index is 0.232. The van der Waals surface area contributed by atoms with E-state index in [0.29, 0.717) is 17.0 Å². The minimum Gasteiger partial charge on any atom is -0.497 e. The Morgan fingerprint density at radius 2 is 1.49 bits per heavy atom. The number of nitrogens with zero attached hydrogens (tertiary/aromatic N) is 1. The van der Waals surface area contributed by atoms with Crippen molar-refractivity contribution in [2.75, 3.05) is 19.0 Å². The first-order valence-electron chi connectivity index (χ1n) is 13.9. The molecule has 41 heavy (non-hydrogen) atoms. The highest BCUT2D eigenvalue weighted by Gasteiger charge is 2.35. The Morgan fingerprint density at radius 1 is 0.854 bits per heavy atom. The summed E-state index contributed by atoms with van der Waals surface area (Å²) in [6.07, 6.45) is 0.379. The number of hydrogen-bond acceptors (Lipinski definition) is 5. The largest absolute Gasteiger partial charge is 0.497 e. The van der Waals surface area contributed by atoms with Crippen molar-refractivity contribution in [3.05, 3.63) is 95.6 Å². The van der Waals surface area contributed by atoms with E-state index in [1.807, 2.05) is 61.5 Å². The Hall–Kier alpha value is -4.33. The lowest BCUT2D eigenvalue weighted by Gasteiger charge is -2.34. The van der Waals surface area contributed by atoms with E-state index in [1.165, 1.54) is 4.90 Å². The second kappa shape index (κ2) is 14.3. The molecule has 3 aromatic carbocycles. The Labute approximate surface area is 243 Å². The first-order valence-corrected chi connectivity index (χ1v) is 13.9. The second-order valence-electron chi connectivity index (χ2n) is 10.7. The van der Waals surface area contributed by atoms with Gasteiger partial charge in [-0.2, -0.15) is 0 Å². The quantitative estimate of drug-likeness (QED) is 0.304. The Morgan fingerprint density at radius 3 is 2.02 bits per heavy atom. The molecule has 8 nitrogen and oxygen atoms in total. The van der Waals surface area contributed by atoms with Gasteiger partial charge in [0.15, 0.2) is 0 Å². The summed E-state index contributed by atoms with van der Waals surface area (Å²) in [6.45, 7) is 9.39. The summed E-state index contributed by atoms with van der Waals surface area (Å²) in [7, 11) is 1.57. The fraction of sp³-hybridized carbons (Fsp3) is 0.364. The van der Waals surface area contributed by atoms with Crippen LogP contribution in [0, 0.1) is 0 Å². The van der Waals surface area contributed by atoms with Crippen LogP contribution in [0.25, 0.3) is 0 Å². The van der Waals surface area contributed by atoms with Gasteiger partial charge in [-0.3, -0.25) is 9.59 Å². The molecular weight excluding hydrogens is 518 g/mol. The summed E-state index contributed by atoms with van der Waals surface area (Å²) in [6, 6.07) is 22.2. The maximum atomic E-state index is 14.2. The van der Waals surface area contributed by atoms with E-state index in [-0.39, 0.29) is 18.9 Å². The number of hydrogen-bond donors (Lipinski definition) is 2. The highest BCUT2D eigenvalue weighted by atomic mass is 16.6. The second-order valence-corrected chi connectivity index (χ2v) is 10.7. The molecule has 0 saturated heterocycles. The molecule has 3 aromatic rings. The Balaban J connectivity index is 1.98. The smallest absolute Gasteiger partial charge is 0.408 e. The average molecular weight is 560 g/mol. The summed E-state index contributed by atoms with van der Waals surface area (Å²) in [5.41, 5.74) is 2.48. The lowest BCUT2D eigenvalue weighted by atomic mass is 9.99. The monoisotopic (exact) mass is 559 g/mol. The van der Waals surface area contributed by atoms with Crippen LogP contribution < -0.4 is 15.4 Å². The molecule has 0 fully saturated rings. The standard InChI is InChI=1S/C33H41N3O5/c1-7-23-14-16-25(17-15-23)29(30(37)34-26-18-20-27(40-6)21-19-26)36(8-2)31(38)28(22-24-12-10-9-11-13-24)35-32(39)41-33(3,4)5/h9-21,28-29H,7-8,22H2,1-6H3,(H,34,37)(H,35,39). The summed E-state index contributed by atoms with van der Waals surface area (Å²) < 4.78 is 10.7. The van der Waals surface area contributed by atoms with Gasteiger partial charge in [-0.05, 0) is 75.1 Å². The lowest BCUT2D eigenvalue weighted by molar-refractivity contribution is -0.140. The molecule has 0 spiro atoms. The zero-order valence-corrected chi connectivity index (χ0v) is 24.8. The van der Waals surface area contributed by atoms with Gasteiger partial charge in [0.05, 0.1) is 7.11 Å². The van der Waals surface area contributed by atoms with Gasteiger partial charge in [0.1, 0.15) is 23.4 Å². The SMILES string of the molecule is CCc1ccc(C(C(=O)Nc2ccc(OC)cc2)N(CC)C(=O)C(Cc2ccccc2)NC(=O)OC(C)(C)C)cc1. The fourth-order valence-corrected chi connectivity index (χ4v) is 4.46. The van der Waals surface area contributed by atoms with Crippen LogP contribution in [0.3, 0.4) is 0 Å². The average Bonchev–Trinajstić information content (AvgIpc) is 2.95. The molecule has 8 heteroatoms. The molecule has 0 heterocycles. The number of aryl methyl sites for hydroxylation is 1. The number of rotatable bonds is 11. The first kappa shape index (κ1) is 31.2. The van der Waals surface area contributed by atoms with Crippen molar-refractivity contribution in [3.8, 4) is 5.75 Å². The van der Waals surface area contributed by atoms with Crippen LogP contribution in [-0.4, -0.2) is 48.1 Å². The van der Waals surface area contributed by atoms with Crippen molar-refractivity contribution in [1.29, 1.82) is 0 Å². The van der Waals surface area contributed by atoms with E-state index >= 15 is 0 Å². The molecule has 3 amide bonds. The van der Waals surface area contributed by atoms with E-state index in [9.17, 15) is 14.4 Å². The van der Waals surface area contributed by atoms with Crippen molar-refractivity contribution in [2.45, 2.75) is 65.1 Å². The zero-order valence-electron chi connectivity index (χ0n) is 24.8. The van der Waals surface area contributed by atoms with Crippen LogP contribution in [0.15, 0.2) is 78.9 Å². The molecule has 0 aliphatic carbocycles. The number of anilines is 1. The fourth-order valence-electron chi connectivity index (χ4n) is 4.46. The topological polar surface area (TPSA) is 97.0 Å². The predicted molar refractivity (Wildman–Crippen MR) is 161 cm³/mol. The predicted octanol–water partition coefficient (Wildman–Crippen LogP) is 5.92. The van der Waals surface area contributed by atoms with Crippen LogP contribution in [0.2, 0.25) is 0 Å². The highest BCUT2D eigenvalue weighted by Crippen LogP contribution is 2.26. The third-order valence-electron chi connectivity index (χ3n) is 6.52. The van der Waals surface area contributed by atoms with E-state index in [2.05, 4.69) is 17.6 Å². The number of alkyl carbamates (subject to hydrolysis) is 1. The van der Waals surface area contributed by atoms with E-state index < -0.39 is 29.7 Å². The summed E-state index contributed by atoms with van der Waals surface area (Å²) >= 11 is 0. The van der Waals surface area contributed by atoms with Gasteiger partial charge in [-0.1, -0.05) is 61.5 Å². The molecular formula is C33H41N3O5. The van der Waals surface area contributed by atoms with Crippen molar-refractivity contribution >= 4 is 23.6 Å². The van der Waals surface area contributed by atoms with Crippen molar-refractivity contribution in [2.24, 2.45) is 0 Å². The van der Waals surface area contributed by atoms with E-state index in [1.54, 1.807) is 52.1 Å². The van der Waals surface area contributed by atoms with Gasteiger partial charge < -0.3 is 25.0 Å². The highest BCUT2D eigenvalue weighted by molar-refractivity contribution is 5.99. The van der Waals surface area contributed by atoms with Crippen LogP contribution in [-0.2, 0) is 27.2 Å². The molecule has 2 N–H and O–H groups in total. The molecule has 0 saturated carbocycles. The summed E-state index contributed by atoms with van der Waals surface area (Å²) in [5, 5.41) is 5.71. The molecule has 2 atom stereocenters. The number of ether oxygens (including phenoxy) is 2. The van der Waals surface area contributed by atoms with Gasteiger partial charge in [0.25, 0.3) is 5.91 Å². The number of nitrogens with one attached hydrogen (secondary N) is 2. The van der Waals surface area contributed by atoms with Crippen LogP contribution in [0.4, 0.5) is 10.5 Å². The Bertz CT molecular complexity index is 1290. The van der Waals surface area contributed by atoms with Crippen molar-refractivity contribution in [3.63, 3.8) is 0 Å². The normalized spacial score (nSPS) is 12.5. The van der Waals surface area contributed by atoms with E-state index in [4.69, 9.17) is 9.47 Å². The van der Waals surface area contributed by atoms with Gasteiger partial charge >= 0.3 is 6.09 Å². The maximum absolute atomic E-state index is 14.2. The Kier molecular flexibility index (Phi) is 10.9. The van der Waals surface area contributed by atoms with Gasteiger partial charge in [0, 0.05) is 18.7 Å². The molecule has 0 radical (unpaired) electrons. The molecule has 0 aromatic heterocycles. The number of carbonyl (C=O) groups excluding carboxylic acids is 3. The number of amides is 3. The molecule has 2 unspecified atom stereocenters. The van der Waals surface area contributed by atoms with Crippen molar-refractivity contribution in [1.82, 2.24) is 10.2 Å². The van der Waals surface area contributed by atoms with Gasteiger partial charge in [-0.15, -0.1) is 0 Å². The van der Waals surface area contributed by atoms with Crippen LogP contribution in [0.5, 0.6) is 5.75 Å². The van der Waals surface area contributed by atoms with Crippen molar-refractivity contribution < 1.29 is 23.9 Å². The lowest BCUT2D eigenvalue weighted by Crippen LogP contribution is -2.53. The van der Waals surface area contributed by atoms with Crippen LogP contribution in [0.1, 0.15) is 57.4 Å². The van der Waals surface area contributed by atoms with Crippen LogP contribution >= 0.6 is 0 Å². The van der Waals surface area contributed by atoms with E-state index in [0.717, 1.165) is 17.5 Å². The zero-order chi connectivity index (χ0) is 30.0.